The molecule has 0 aromatic rings. The average molecular weight is 201 g/mol. The zero-order chi connectivity index (χ0) is 11.0. The van der Waals surface area contributed by atoms with Crippen LogP contribution < -0.4 is 5.32 Å². The van der Waals surface area contributed by atoms with Crippen molar-refractivity contribution < 1.29 is 5.11 Å². The minimum absolute atomic E-state index is 0.260. The molecule has 0 spiro atoms. The van der Waals surface area contributed by atoms with E-state index in [4.69, 9.17) is 0 Å². The van der Waals surface area contributed by atoms with E-state index >= 15 is 0 Å². The monoisotopic (exact) mass is 201 g/mol. The van der Waals surface area contributed by atoms with Crippen LogP contribution in [0.2, 0.25) is 0 Å². The van der Waals surface area contributed by atoms with Crippen molar-refractivity contribution in [2.24, 2.45) is 5.41 Å². The summed E-state index contributed by atoms with van der Waals surface area (Å²) in [4.78, 5) is 0. The van der Waals surface area contributed by atoms with Gasteiger partial charge in [-0.3, -0.25) is 5.32 Å². The lowest BCUT2D eigenvalue weighted by Crippen LogP contribution is -2.30. The second-order valence-corrected chi connectivity index (χ2v) is 4.98. The van der Waals surface area contributed by atoms with Crippen LogP contribution in [0.5, 0.6) is 0 Å². The van der Waals surface area contributed by atoms with Crippen molar-refractivity contribution in [3.05, 3.63) is 0 Å². The lowest BCUT2D eigenvalue weighted by molar-refractivity contribution is 0.0861. The third kappa shape index (κ3) is 7.34. The lowest BCUT2D eigenvalue weighted by Gasteiger charge is -2.27. The van der Waals surface area contributed by atoms with Gasteiger partial charge in [0, 0.05) is 0 Å². The highest BCUT2D eigenvalue weighted by Crippen LogP contribution is 2.28. The Balaban J connectivity index is 3.60. The maximum Gasteiger partial charge on any atom is 0.105 e. The van der Waals surface area contributed by atoms with Crippen LogP contribution in [0.4, 0.5) is 0 Å². The Bertz CT molecular complexity index is 134. The standard InChI is InChI=1S/C12H27NO/c1-5-6-7-8-9-12(2,3)10-11(14)13-4/h11,13-14H,5-10H2,1-4H3. The number of hydrogen-bond acceptors (Lipinski definition) is 2. The third-order valence-electron chi connectivity index (χ3n) is 2.79. The predicted molar refractivity (Wildman–Crippen MR) is 62.2 cm³/mol. The van der Waals surface area contributed by atoms with Gasteiger partial charge in [0.05, 0.1) is 0 Å². The number of nitrogens with one attached hydrogen (secondary N) is 1. The van der Waals surface area contributed by atoms with Crippen molar-refractivity contribution in [1.82, 2.24) is 5.32 Å². The zero-order valence-corrected chi connectivity index (χ0v) is 10.3. The summed E-state index contributed by atoms with van der Waals surface area (Å²) in [5.74, 6) is 0. The first-order valence-electron chi connectivity index (χ1n) is 5.87. The highest BCUT2D eigenvalue weighted by atomic mass is 16.3. The summed E-state index contributed by atoms with van der Waals surface area (Å²) in [6.07, 6.45) is 6.95. The largest absolute Gasteiger partial charge is 0.379 e. The van der Waals surface area contributed by atoms with Crippen LogP contribution in [0.1, 0.15) is 59.3 Å². The van der Waals surface area contributed by atoms with Gasteiger partial charge in [-0.25, -0.2) is 0 Å². The van der Waals surface area contributed by atoms with Crippen molar-refractivity contribution in [2.45, 2.75) is 65.5 Å². The Morgan fingerprint density at radius 2 is 1.86 bits per heavy atom. The van der Waals surface area contributed by atoms with E-state index in [0.717, 1.165) is 6.42 Å². The molecule has 0 radical (unpaired) electrons. The number of unbranched alkanes of at least 4 members (excludes halogenated alkanes) is 3. The SMILES string of the molecule is CCCCCCC(C)(C)CC(O)NC. The Labute approximate surface area is 89.1 Å². The van der Waals surface area contributed by atoms with E-state index in [2.05, 4.69) is 26.1 Å². The van der Waals surface area contributed by atoms with E-state index in [1.54, 1.807) is 7.05 Å². The van der Waals surface area contributed by atoms with Crippen LogP contribution in [0.3, 0.4) is 0 Å². The lowest BCUT2D eigenvalue weighted by atomic mass is 9.83. The molecule has 2 N–H and O–H groups in total. The Hall–Kier alpha value is -0.0800. The summed E-state index contributed by atoms with van der Waals surface area (Å²) >= 11 is 0. The van der Waals surface area contributed by atoms with E-state index < -0.39 is 0 Å². The highest BCUT2D eigenvalue weighted by Gasteiger charge is 2.20. The molecule has 86 valence electrons. The molecule has 2 heteroatoms. The fourth-order valence-electron chi connectivity index (χ4n) is 1.76. The van der Waals surface area contributed by atoms with Gasteiger partial charge in [0.15, 0.2) is 0 Å². The van der Waals surface area contributed by atoms with Crippen molar-refractivity contribution in [3.8, 4) is 0 Å². The molecule has 0 heterocycles. The average Bonchev–Trinajstić information content (AvgIpc) is 2.12. The van der Waals surface area contributed by atoms with Gasteiger partial charge in [-0.1, -0.05) is 46.5 Å². The van der Waals surface area contributed by atoms with Gasteiger partial charge < -0.3 is 5.11 Å². The number of rotatable bonds is 8. The molecule has 0 aliphatic carbocycles. The van der Waals surface area contributed by atoms with E-state index in [1.165, 1.54) is 32.1 Å². The molecule has 0 aromatic heterocycles. The summed E-state index contributed by atoms with van der Waals surface area (Å²) in [5.41, 5.74) is 0.260. The number of hydrogen-bond donors (Lipinski definition) is 2. The maximum atomic E-state index is 9.49. The first kappa shape index (κ1) is 13.9. The molecule has 0 rings (SSSR count). The van der Waals surface area contributed by atoms with Gasteiger partial charge in [-0.05, 0) is 25.3 Å². The second-order valence-electron chi connectivity index (χ2n) is 4.98. The summed E-state index contributed by atoms with van der Waals surface area (Å²) in [7, 11) is 1.80. The fraction of sp³-hybridized carbons (Fsp3) is 1.00. The molecule has 0 fully saturated rings. The molecule has 0 saturated heterocycles. The molecule has 0 aromatic carbocycles. The first-order valence-corrected chi connectivity index (χ1v) is 5.87. The van der Waals surface area contributed by atoms with Gasteiger partial charge in [0.2, 0.25) is 0 Å². The molecule has 1 atom stereocenters. The van der Waals surface area contributed by atoms with Crippen LogP contribution in [0.15, 0.2) is 0 Å². The normalized spacial score (nSPS) is 14.4. The van der Waals surface area contributed by atoms with Crippen molar-refractivity contribution >= 4 is 0 Å². The van der Waals surface area contributed by atoms with Crippen LogP contribution in [0, 0.1) is 5.41 Å². The van der Waals surface area contributed by atoms with E-state index in [1.807, 2.05) is 0 Å². The van der Waals surface area contributed by atoms with Crippen molar-refractivity contribution in [2.75, 3.05) is 7.05 Å². The number of aliphatic hydroxyl groups excluding tert-OH is 1. The van der Waals surface area contributed by atoms with Crippen LogP contribution in [0.25, 0.3) is 0 Å². The smallest absolute Gasteiger partial charge is 0.105 e. The van der Waals surface area contributed by atoms with Crippen molar-refractivity contribution in [1.29, 1.82) is 0 Å². The molecule has 0 aliphatic rings. The zero-order valence-electron chi connectivity index (χ0n) is 10.3. The molecule has 0 saturated carbocycles. The minimum atomic E-state index is -0.351. The summed E-state index contributed by atoms with van der Waals surface area (Å²) in [6, 6.07) is 0. The van der Waals surface area contributed by atoms with Gasteiger partial charge in [-0.15, -0.1) is 0 Å². The highest BCUT2D eigenvalue weighted by molar-refractivity contribution is 4.71. The van der Waals surface area contributed by atoms with E-state index in [-0.39, 0.29) is 11.6 Å². The molecule has 0 aliphatic heterocycles. The molecular weight excluding hydrogens is 174 g/mol. The molecule has 0 bridgehead atoms. The Kier molecular flexibility index (Phi) is 7.20. The molecule has 14 heavy (non-hydrogen) atoms. The minimum Gasteiger partial charge on any atom is -0.379 e. The third-order valence-corrected chi connectivity index (χ3v) is 2.79. The predicted octanol–water partition coefficient (Wildman–Crippen LogP) is 2.91. The van der Waals surface area contributed by atoms with Crippen LogP contribution in [-0.4, -0.2) is 18.4 Å². The second kappa shape index (κ2) is 7.24. The molecule has 0 amide bonds. The maximum absolute atomic E-state index is 9.49. The summed E-state index contributed by atoms with van der Waals surface area (Å²) in [6.45, 7) is 6.70. The Morgan fingerprint density at radius 3 is 2.36 bits per heavy atom. The van der Waals surface area contributed by atoms with E-state index in [0.29, 0.717) is 0 Å². The first-order chi connectivity index (χ1) is 6.52. The van der Waals surface area contributed by atoms with Crippen molar-refractivity contribution in [3.63, 3.8) is 0 Å². The van der Waals surface area contributed by atoms with E-state index in [9.17, 15) is 5.11 Å². The topological polar surface area (TPSA) is 32.3 Å². The van der Waals surface area contributed by atoms with Gasteiger partial charge in [0.1, 0.15) is 6.23 Å². The summed E-state index contributed by atoms with van der Waals surface area (Å²) < 4.78 is 0. The fourth-order valence-corrected chi connectivity index (χ4v) is 1.76. The Morgan fingerprint density at radius 1 is 1.21 bits per heavy atom. The van der Waals surface area contributed by atoms with Gasteiger partial charge >= 0.3 is 0 Å². The molecular formula is C12H27NO. The molecule has 2 nitrogen and oxygen atoms in total. The molecule has 1 unspecified atom stereocenters. The number of aliphatic hydroxyl groups is 1. The quantitative estimate of drug-likeness (QED) is 0.467. The summed E-state index contributed by atoms with van der Waals surface area (Å²) in [5, 5.41) is 12.4. The van der Waals surface area contributed by atoms with Gasteiger partial charge in [0.25, 0.3) is 0 Å². The van der Waals surface area contributed by atoms with Crippen LogP contribution in [-0.2, 0) is 0 Å². The van der Waals surface area contributed by atoms with Gasteiger partial charge in [-0.2, -0.15) is 0 Å². The van der Waals surface area contributed by atoms with Crippen LogP contribution >= 0.6 is 0 Å².